The molecule has 1 atom stereocenters. The number of carbonyl (C=O) groups is 2. The molecule has 1 fully saturated rings. The van der Waals surface area contributed by atoms with Gasteiger partial charge >= 0.3 is 0 Å². The Labute approximate surface area is 148 Å². The predicted molar refractivity (Wildman–Crippen MR) is 94.4 cm³/mol. The Kier molecular flexibility index (Phi) is 6.55. The fourth-order valence-corrected chi connectivity index (χ4v) is 3.83. The maximum Gasteiger partial charge on any atom is 0.251 e. The summed E-state index contributed by atoms with van der Waals surface area (Å²) < 4.78 is 27.4. The van der Waals surface area contributed by atoms with E-state index >= 15 is 0 Å². The molecule has 1 aromatic carbocycles. The summed E-state index contributed by atoms with van der Waals surface area (Å²) >= 11 is 0. The lowest BCUT2D eigenvalue weighted by Crippen LogP contribution is -2.44. The van der Waals surface area contributed by atoms with Crippen LogP contribution in [0.5, 0.6) is 0 Å². The number of nitrogens with two attached hydrogens (primary N) is 1. The molecule has 138 valence electrons. The fraction of sp³-hybridized carbons (Fsp3) is 0.529. The van der Waals surface area contributed by atoms with Crippen molar-refractivity contribution in [3.63, 3.8) is 0 Å². The monoisotopic (exact) mass is 367 g/mol. The van der Waals surface area contributed by atoms with Crippen molar-refractivity contribution in [2.24, 2.45) is 5.73 Å². The Hall–Kier alpha value is -1.93. The fourth-order valence-electron chi connectivity index (χ4n) is 2.55. The quantitative estimate of drug-likeness (QED) is 0.609. The normalized spacial score (nSPS) is 16.0. The van der Waals surface area contributed by atoms with Crippen molar-refractivity contribution in [1.29, 1.82) is 0 Å². The van der Waals surface area contributed by atoms with E-state index in [1.165, 1.54) is 18.2 Å². The topological polar surface area (TPSA) is 118 Å². The molecule has 2 rings (SSSR count). The van der Waals surface area contributed by atoms with Gasteiger partial charge in [0.1, 0.15) is 6.04 Å². The number of sulfonamides is 1. The SMILES string of the molecule is CCCC[C@H](NS(=O)(=O)c1cccc(C(=O)NC2CCC2)c1)C(N)=O. The number of unbranched alkanes of at least 4 members (excludes halogenated alkanes) is 1. The van der Waals surface area contributed by atoms with Crippen LogP contribution in [-0.2, 0) is 14.8 Å². The van der Waals surface area contributed by atoms with E-state index in [2.05, 4.69) is 10.0 Å². The van der Waals surface area contributed by atoms with E-state index in [0.717, 1.165) is 25.7 Å². The number of nitrogens with one attached hydrogen (secondary N) is 2. The average molecular weight is 367 g/mol. The van der Waals surface area contributed by atoms with Gasteiger partial charge in [-0.2, -0.15) is 4.72 Å². The highest BCUT2D eigenvalue weighted by Crippen LogP contribution is 2.19. The standard InChI is InChI=1S/C17H25N3O4S/c1-2-3-10-15(16(18)21)20-25(23,24)14-9-4-6-12(11-14)17(22)19-13-7-5-8-13/h4,6,9,11,13,15,20H,2-3,5,7-8,10H2,1H3,(H2,18,21)(H,19,22)/t15-/m0/s1. The molecule has 0 aromatic heterocycles. The number of primary amides is 1. The number of benzene rings is 1. The van der Waals surface area contributed by atoms with E-state index in [0.29, 0.717) is 12.8 Å². The van der Waals surface area contributed by atoms with Gasteiger partial charge in [0.25, 0.3) is 5.91 Å². The lowest BCUT2D eigenvalue weighted by Gasteiger charge is -2.26. The van der Waals surface area contributed by atoms with Crippen molar-refractivity contribution in [2.75, 3.05) is 0 Å². The first-order chi connectivity index (χ1) is 11.8. The Balaban J connectivity index is 2.13. The van der Waals surface area contributed by atoms with Crippen LogP contribution in [0.4, 0.5) is 0 Å². The number of hydrogen-bond acceptors (Lipinski definition) is 4. The molecule has 4 N–H and O–H groups in total. The molecular formula is C17H25N3O4S. The summed E-state index contributed by atoms with van der Waals surface area (Å²) in [6.45, 7) is 1.94. The zero-order valence-corrected chi connectivity index (χ0v) is 15.1. The van der Waals surface area contributed by atoms with Gasteiger partial charge in [-0.1, -0.05) is 25.8 Å². The van der Waals surface area contributed by atoms with Crippen molar-refractivity contribution in [3.8, 4) is 0 Å². The van der Waals surface area contributed by atoms with Gasteiger partial charge in [0.2, 0.25) is 15.9 Å². The Morgan fingerprint density at radius 1 is 1.32 bits per heavy atom. The van der Waals surface area contributed by atoms with Gasteiger partial charge in [-0.05, 0) is 43.9 Å². The van der Waals surface area contributed by atoms with Gasteiger partial charge in [0.05, 0.1) is 4.90 Å². The van der Waals surface area contributed by atoms with Crippen LogP contribution in [0.3, 0.4) is 0 Å². The molecular weight excluding hydrogens is 342 g/mol. The molecule has 0 radical (unpaired) electrons. The smallest absolute Gasteiger partial charge is 0.251 e. The number of amides is 2. The summed E-state index contributed by atoms with van der Waals surface area (Å²) in [6, 6.07) is 4.98. The molecule has 0 unspecified atom stereocenters. The first-order valence-corrected chi connectivity index (χ1v) is 10.0. The molecule has 0 spiro atoms. The number of rotatable bonds is 9. The maximum atomic E-state index is 12.5. The van der Waals surface area contributed by atoms with Crippen LogP contribution in [-0.4, -0.2) is 32.3 Å². The third-order valence-electron chi connectivity index (χ3n) is 4.33. The van der Waals surface area contributed by atoms with Gasteiger partial charge in [-0.25, -0.2) is 8.42 Å². The highest BCUT2D eigenvalue weighted by molar-refractivity contribution is 7.89. The molecule has 1 aliphatic rings. The molecule has 1 aliphatic carbocycles. The molecule has 0 saturated heterocycles. The van der Waals surface area contributed by atoms with Crippen LogP contribution in [0.15, 0.2) is 29.2 Å². The van der Waals surface area contributed by atoms with Gasteiger partial charge in [-0.3, -0.25) is 9.59 Å². The second-order valence-electron chi connectivity index (χ2n) is 6.35. The largest absolute Gasteiger partial charge is 0.368 e. The molecule has 1 saturated carbocycles. The molecule has 1 aromatic rings. The third kappa shape index (κ3) is 5.27. The van der Waals surface area contributed by atoms with E-state index in [-0.39, 0.29) is 22.4 Å². The third-order valence-corrected chi connectivity index (χ3v) is 5.80. The summed E-state index contributed by atoms with van der Waals surface area (Å²) in [5.74, 6) is -1.00. The number of carbonyl (C=O) groups excluding carboxylic acids is 2. The van der Waals surface area contributed by atoms with Gasteiger partial charge < -0.3 is 11.1 Å². The summed E-state index contributed by atoms with van der Waals surface area (Å²) in [4.78, 5) is 23.6. The van der Waals surface area contributed by atoms with Crippen LogP contribution >= 0.6 is 0 Å². The molecule has 25 heavy (non-hydrogen) atoms. The summed E-state index contributed by atoms with van der Waals surface area (Å²) in [5, 5.41) is 2.87. The van der Waals surface area contributed by atoms with Gasteiger partial charge in [0.15, 0.2) is 0 Å². The minimum Gasteiger partial charge on any atom is -0.368 e. The van der Waals surface area contributed by atoms with E-state index in [4.69, 9.17) is 5.73 Å². The van der Waals surface area contributed by atoms with Crippen LogP contribution in [0, 0.1) is 0 Å². The van der Waals surface area contributed by atoms with Crippen molar-refractivity contribution in [3.05, 3.63) is 29.8 Å². The molecule has 7 nitrogen and oxygen atoms in total. The van der Waals surface area contributed by atoms with Crippen LogP contribution in [0.25, 0.3) is 0 Å². The lowest BCUT2D eigenvalue weighted by atomic mass is 9.93. The average Bonchev–Trinajstić information content (AvgIpc) is 2.54. The molecule has 8 heteroatoms. The van der Waals surface area contributed by atoms with Crippen LogP contribution < -0.4 is 15.8 Å². The summed E-state index contributed by atoms with van der Waals surface area (Å²) in [7, 11) is -3.94. The highest BCUT2D eigenvalue weighted by Gasteiger charge is 2.25. The van der Waals surface area contributed by atoms with Crippen LogP contribution in [0.2, 0.25) is 0 Å². The van der Waals surface area contributed by atoms with Gasteiger partial charge in [0, 0.05) is 11.6 Å². The minimum absolute atomic E-state index is 0.0588. The first kappa shape index (κ1) is 19.4. The predicted octanol–water partition coefficient (Wildman–Crippen LogP) is 1.29. The second kappa shape index (κ2) is 8.44. The molecule has 2 amide bonds. The van der Waals surface area contributed by atoms with Crippen molar-refractivity contribution in [2.45, 2.75) is 62.4 Å². The van der Waals surface area contributed by atoms with E-state index in [9.17, 15) is 18.0 Å². The minimum atomic E-state index is -3.94. The van der Waals surface area contributed by atoms with E-state index < -0.39 is 22.0 Å². The first-order valence-electron chi connectivity index (χ1n) is 8.56. The molecule has 0 aliphatic heterocycles. The highest BCUT2D eigenvalue weighted by atomic mass is 32.2. The summed E-state index contributed by atoms with van der Waals surface area (Å²) in [5.41, 5.74) is 5.56. The van der Waals surface area contributed by atoms with Crippen molar-refractivity contribution >= 4 is 21.8 Å². The zero-order chi connectivity index (χ0) is 18.4. The second-order valence-corrected chi connectivity index (χ2v) is 8.06. The van der Waals surface area contributed by atoms with Crippen LogP contribution in [0.1, 0.15) is 55.8 Å². The maximum absolute atomic E-state index is 12.5. The zero-order valence-electron chi connectivity index (χ0n) is 14.3. The number of hydrogen-bond donors (Lipinski definition) is 3. The van der Waals surface area contributed by atoms with E-state index in [1.807, 2.05) is 6.92 Å². The Bertz CT molecular complexity index is 729. The van der Waals surface area contributed by atoms with Crippen molar-refractivity contribution < 1.29 is 18.0 Å². The molecule has 0 heterocycles. The molecule has 0 bridgehead atoms. The lowest BCUT2D eigenvalue weighted by molar-refractivity contribution is -0.119. The Morgan fingerprint density at radius 2 is 2.04 bits per heavy atom. The van der Waals surface area contributed by atoms with Crippen molar-refractivity contribution in [1.82, 2.24) is 10.0 Å². The van der Waals surface area contributed by atoms with Gasteiger partial charge in [-0.15, -0.1) is 0 Å². The summed E-state index contributed by atoms with van der Waals surface area (Å²) in [6.07, 6.45) is 4.83. The van der Waals surface area contributed by atoms with E-state index in [1.54, 1.807) is 6.07 Å². The Morgan fingerprint density at radius 3 is 2.60 bits per heavy atom.